The number of urea groups is 1. The number of hydrogen-bond donors (Lipinski definition) is 2. The van der Waals surface area contributed by atoms with Crippen molar-refractivity contribution in [1.29, 1.82) is 0 Å². The van der Waals surface area contributed by atoms with Gasteiger partial charge in [0.1, 0.15) is 5.75 Å². The average Bonchev–Trinajstić information content (AvgIpc) is 2.50. The van der Waals surface area contributed by atoms with Gasteiger partial charge in [-0.05, 0) is 19.1 Å². The fourth-order valence-corrected chi connectivity index (χ4v) is 1.62. The molecule has 0 aliphatic heterocycles. The summed E-state index contributed by atoms with van der Waals surface area (Å²) in [5, 5.41) is 5.34. The average molecular weight is 288 g/mol. The van der Waals surface area contributed by atoms with Crippen LogP contribution in [0.3, 0.4) is 0 Å². The van der Waals surface area contributed by atoms with Crippen LogP contribution in [0, 0.1) is 0 Å². The van der Waals surface area contributed by atoms with E-state index in [0.717, 1.165) is 0 Å². The first-order valence-corrected chi connectivity index (χ1v) is 6.38. The lowest BCUT2D eigenvalue weighted by molar-refractivity contribution is 0.262. The van der Waals surface area contributed by atoms with E-state index >= 15 is 0 Å². The van der Waals surface area contributed by atoms with Gasteiger partial charge in [-0.25, -0.2) is 14.8 Å². The molecule has 0 spiro atoms. The molecular formula is C14H16N4O3. The van der Waals surface area contributed by atoms with Crippen molar-refractivity contribution in [3.05, 3.63) is 36.7 Å². The first-order valence-electron chi connectivity index (χ1n) is 6.38. The number of ether oxygens (including phenoxy) is 2. The third kappa shape index (κ3) is 4.07. The van der Waals surface area contributed by atoms with Gasteiger partial charge in [0, 0.05) is 0 Å². The van der Waals surface area contributed by atoms with Crippen LogP contribution in [0.1, 0.15) is 6.92 Å². The third-order valence-electron chi connectivity index (χ3n) is 2.50. The summed E-state index contributed by atoms with van der Waals surface area (Å²) in [5.41, 5.74) is 1.05. The molecule has 2 N–H and O–H groups in total. The normalized spacial score (nSPS) is 9.81. The van der Waals surface area contributed by atoms with E-state index in [1.807, 2.05) is 19.1 Å². The number of hydrogen-bond acceptors (Lipinski definition) is 5. The summed E-state index contributed by atoms with van der Waals surface area (Å²) in [7, 11) is 1.47. The second kappa shape index (κ2) is 7.09. The molecular weight excluding hydrogens is 272 g/mol. The number of aromatic nitrogens is 2. The molecule has 1 heterocycles. The SMILES string of the molecule is CCOc1ccccc1NC(=O)Nc1cnc(OC)nc1. The van der Waals surface area contributed by atoms with E-state index in [1.54, 1.807) is 12.1 Å². The third-order valence-corrected chi connectivity index (χ3v) is 2.50. The second-order valence-electron chi connectivity index (χ2n) is 3.97. The Kier molecular flexibility index (Phi) is 4.92. The van der Waals surface area contributed by atoms with Gasteiger partial charge < -0.3 is 20.1 Å². The molecule has 0 aliphatic carbocycles. The highest BCUT2D eigenvalue weighted by Gasteiger charge is 2.08. The number of amides is 2. The van der Waals surface area contributed by atoms with Crippen LogP contribution in [-0.4, -0.2) is 29.7 Å². The molecule has 7 heteroatoms. The Morgan fingerprint density at radius 1 is 1.19 bits per heavy atom. The van der Waals surface area contributed by atoms with E-state index in [2.05, 4.69) is 20.6 Å². The first kappa shape index (κ1) is 14.6. The van der Waals surface area contributed by atoms with Crippen LogP contribution in [0.4, 0.5) is 16.2 Å². The van der Waals surface area contributed by atoms with Gasteiger partial charge in [-0.15, -0.1) is 0 Å². The van der Waals surface area contributed by atoms with Crippen LogP contribution >= 0.6 is 0 Å². The van der Waals surface area contributed by atoms with Gasteiger partial charge >= 0.3 is 12.0 Å². The zero-order valence-electron chi connectivity index (χ0n) is 11.8. The van der Waals surface area contributed by atoms with Crippen LogP contribution in [0.15, 0.2) is 36.7 Å². The summed E-state index contributed by atoms with van der Waals surface area (Å²) < 4.78 is 10.3. The van der Waals surface area contributed by atoms with E-state index in [0.29, 0.717) is 23.7 Å². The molecule has 7 nitrogen and oxygen atoms in total. The Morgan fingerprint density at radius 2 is 1.90 bits per heavy atom. The molecule has 0 atom stereocenters. The van der Waals surface area contributed by atoms with E-state index in [9.17, 15) is 4.79 Å². The summed E-state index contributed by atoms with van der Waals surface area (Å²) in [4.78, 5) is 19.7. The maximum absolute atomic E-state index is 11.9. The Labute approximate surface area is 122 Å². The second-order valence-corrected chi connectivity index (χ2v) is 3.97. The highest BCUT2D eigenvalue weighted by molar-refractivity contribution is 6.00. The van der Waals surface area contributed by atoms with Gasteiger partial charge in [-0.2, -0.15) is 0 Å². The van der Waals surface area contributed by atoms with Gasteiger partial charge in [-0.1, -0.05) is 12.1 Å². The largest absolute Gasteiger partial charge is 0.492 e. The molecule has 0 fully saturated rings. The minimum atomic E-state index is -0.407. The molecule has 0 saturated heterocycles. The zero-order chi connectivity index (χ0) is 15.1. The topological polar surface area (TPSA) is 85.4 Å². The minimum absolute atomic E-state index is 0.239. The van der Waals surface area contributed by atoms with Crippen molar-refractivity contribution < 1.29 is 14.3 Å². The zero-order valence-corrected chi connectivity index (χ0v) is 11.8. The molecule has 2 amide bonds. The molecule has 1 aromatic heterocycles. The molecule has 110 valence electrons. The standard InChI is InChI=1S/C14H16N4O3/c1-3-21-12-7-5-4-6-11(12)18-13(19)17-10-8-15-14(20-2)16-9-10/h4-9H,3H2,1-2H3,(H2,17,18,19). The van der Waals surface area contributed by atoms with Crippen LogP contribution in [0.2, 0.25) is 0 Å². The number of nitrogens with zero attached hydrogens (tertiary/aromatic N) is 2. The van der Waals surface area contributed by atoms with Crippen molar-refractivity contribution in [2.24, 2.45) is 0 Å². The molecule has 0 unspecified atom stereocenters. The Morgan fingerprint density at radius 3 is 2.57 bits per heavy atom. The van der Waals surface area contributed by atoms with E-state index < -0.39 is 6.03 Å². The summed E-state index contributed by atoms with van der Waals surface area (Å²) in [6.45, 7) is 2.40. The monoisotopic (exact) mass is 288 g/mol. The summed E-state index contributed by atoms with van der Waals surface area (Å²) in [6, 6.07) is 7.03. The minimum Gasteiger partial charge on any atom is -0.492 e. The maximum atomic E-state index is 11.9. The quantitative estimate of drug-likeness (QED) is 0.883. The molecule has 1 aromatic carbocycles. The fourth-order valence-electron chi connectivity index (χ4n) is 1.62. The number of methoxy groups -OCH3 is 1. The predicted molar refractivity (Wildman–Crippen MR) is 78.8 cm³/mol. The van der Waals surface area contributed by atoms with Gasteiger partial charge in [0.2, 0.25) is 0 Å². The maximum Gasteiger partial charge on any atom is 0.323 e. The number of rotatable bonds is 5. The molecule has 0 saturated carbocycles. The molecule has 2 aromatic rings. The number of anilines is 2. The number of benzene rings is 1. The first-order chi connectivity index (χ1) is 10.2. The Bertz CT molecular complexity index is 601. The molecule has 0 bridgehead atoms. The van der Waals surface area contributed by atoms with Crippen molar-refractivity contribution >= 4 is 17.4 Å². The molecule has 0 radical (unpaired) electrons. The van der Waals surface area contributed by atoms with Gasteiger partial charge in [0.05, 0.1) is 37.5 Å². The van der Waals surface area contributed by atoms with Gasteiger partial charge in [-0.3, -0.25) is 0 Å². The van der Waals surface area contributed by atoms with E-state index in [1.165, 1.54) is 19.5 Å². The number of carbonyl (C=O) groups excluding carboxylic acids is 1. The summed E-state index contributed by atoms with van der Waals surface area (Å²) >= 11 is 0. The lowest BCUT2D eigenvalue weighted by Crippen LogP contribution is -2.20. The van der Waals surface area contributed by atoms with Crippen LogP contribution in [-0.2, 0) is 0 Å². The van der Waals surface area contributed by atoms with Crippen molar-refractivity contribution in [2.45, 2.75) is 6.92 Å². The van der Waals surface area contributed by atoms with Gasteiger partial charge in [0.15, 0.2) is 0 Å². The number of para-hydroxylation sites is 2. The molecule has 2 rings (SSSR count). The fraction of sp³-hybridized carbons (Fsp3) is 0.214. The summed E-state index contributed by atoms with van der Waals surface area (Å²) in [5.74, 6) is 0.612. The highest BCUT2D eigenvalue weighted by Crippen LogP contribution is 2.23. The Balaban J connectivity index is 2.01. The van der Waals surface area contributed by atoms with E-state index in [4.69, 9.17) is 9.47 Å². The van der Waals surface area contributed by atoms with Crippen molar-refractivity contribution in [1.82, 2.24) is 9.97 Å². The van der Waals surface area contributed by atoms with Crippen molar-refractivity contribution in [3.63, 3.8) is 0 Å². The Hall–Kier alpha value is -2.83. The summed E-state index contributed by atoms with van der Waals surface area (Å²) in [6.07, 6.45) is 2.92. The van der Waals surface area contributed by atoms with Crippen LogP contribution in [0.5, 0.6) is 11.8 Å². The smallest absolute Gasteiger partial charge is 0.323 e. The highest BCUT2D eigenvalue weighted by atomic mass is 16.5. The van der Waals surface area contributed by atoms with Crippen molar-refractivity contribution in [2.75, 3.05) is 24.4 Å². The van der Waals surface area contributed by atoms with E-state index in [-0.39, 0.29) is 6.01 Å². The van der Waals surface area contributed by atoms with Crippen molar-refractivity contribution in [3.8, 4) is 11.8 Å². The number of carbonyl (C=O) groups is 1. The lowest BCUT2D eigenvalue weighted by Gasteiger charge is -2.11. The lowest BCUT2D eigenvalue weighted by atomic mass is 10.3. The van der Waals surface area contributed by atoms with Crippen LogP contribution in [0.25, 0.3) is 0 Å². The molecule has 21 heavy (non-hydrogen) atoms. The van der Waals surface area contributed by atoms with Gasteiger partial charge in [0.25, 0.3) is 0 Å². The van der Waals surface area contributed by atoms with Crippen LogP contribution < -0.4 is 20.1 Å². The number of nitrogens with one attached hydrogen (secondary N) is 2. The molecule has 0 aliphatic rings. The predicted octanol–water partition coefficient (Wildman–Crippen LogP) is 2.53.